The minimum Gasteiger partial charge on any atom is -0.384 e. The first kappa shape index (κ1) is 11.9. The lowest BCUT2D eigenvalue weighted by molar-refractivity contribution is 0.0511. The molecule has 1 unspecified atom stereocenters. The minimum atomic E-state index is -0.789. The SMILES string of the molecule is C[C@@H]1CC(C)(O)c2ncnc(N3CCCCC3)c21. The average Bonchev–Trinajstić information content (AvgIpc) is 2.61. The van der Waals surface area contributed by atoms with E-state index in [4.69, 9.17) is 0 Å². The fourth-order valence-electron chi connectivity index (χ4n) is 3.42. The molecule has 0 amide bonds. The van der Waals surface area contributed by atoms with Crippen molar-refractivity contribution in [2.45, 2.75) is 51.0 Å². The highest BCUT2D eigenvalue weighted by molar-refractivity contribution is 5.54. The van der Waals surface area contributed by atoms with Crippen LogP contribution in [0.5, 0.6) is 0 Å². The van der Waals surface area contributed by atoms with E-state index in [1.165, 1.54) is 24.8 Å². The summed E-state index contributed by atoms with van der Waals surface area (Å²) in [5.41, 5.74) is 1.22. The Kier molecular flexibility index (Phi) is 2.77. The maximum Gasteiger partial charge on any atom is 0.135 e. The molecule has 0 aromatic carbocycles. The van der Waals surface area contributed by atoms with Gasteiger partial charge in [-0.25, -0.2) is 9.97 Å². The molecule has 2 atom stereocenters. The zero-order valence-corrected chi connectivity index (χ0v) is 11.2. The summed E-state index contributed by atoms with van der Waals surface area (Å²) < 4.78 is 0. The van der Waals surface area contributed by atoms with Crippen LogP contribution in [0.4, 0.5) is 5.82 Å². The number of aromatic nitrogens is 2. The molecule has 1 aliphatic heterocycles. The van der Waals surface area contributed by atoms with Gasteiger partial charge in [-0.2, -0.15) is 0 Å². The molecule has 1 aromatic rings. The van der Waals surface area contributed by atoms with Crippen molar-refractivity contribution in [3.05, 3.63) is 17.6 Å². The lowest BCUT2D eigenvalue weighted by Gasteiger charge is -2.30. The number of hydrogen-bond donors (Lipinski definition) is 1. The maximum atomic E-state index is 10.4. The molecular formula is C14H21N3O. The topological polar surface area (TPSA) is 49.3 Å². The molecule has 1 fully saturated rings. The quantitative estimate of drug-likeness (QED) is 0.826. The van der Waals surface area contributed by atoms with Crippen molar-refractivity contribution in [2.75, 3.05) is 18.0 Å². The Balaban J connectivity index is 2.04. The third-order valence-electron chi connectivity index (χ3n) is 4.23. The average molecular weight is 247 g/mol. The molecule has 3 rings (SSSR count). The molecule has 1 aliphatic carbocycles. The third kappa shape index (κ3) is 1.79. The van der Waals surface area contributed by atoms with Gasteiger partial charge in [0.05, 0.1) is 5.69 Å². The Hall–Kier alpha value is -1.16. The fourth-order valence-corrected chi connectivity index (χ4v) is 3.42. The molecule has 0 spiro atoms. The van der Waals surface area contributed by atoms with Crippen molar-refractivity contribution in [3.63, 3.8) is 0 Å². The van der Waals surface area contributed by atoms with E-state index in [1.807, 2.05) is 6.92 Å². The van der Waals surface area contributed by atoms with Gasteiger partial charge >= 0.3 is 0 Å². The second-order valence-corrected chi connectivity index (χ2v) is 5.89. The Morgan fingerprint density at radius 1 is 1.28 bits per heavy atom. The zero-order valence-electron chi connectivity index (χ0n) is 11.2. The number of aliphatic hydroxyl groups is 1. The van der Waals surface area contributed by atoms with Crippen molar-refractivity contribution in [1.29, 1.82) is 0 Å². The van der Waals surface area contributed by atoms with E-state index in [0.29, 0.717) is 5.92 Å². The molecule has 0 saturated carbocycles. The smallest absolute Gasteiger partial charge is 0.135 e. The molecule has 4 nitrogen and oxygen atoms in total. The van der Waals surface area contributed by atoms with Crippen LogP contribution >= 0.6 is 0 Å². The van der Waals surface area contributed by atoms with E-state index < -0.39 is 5.60 Å². The van der Waals surface area contributed by atoms with Crippen LogP contribution in [-0.2, 0) is 5.60 Å². The summed E-state index contributed by atoms with van der Waals surface area (Å²) in [6, 6.07) is 0. The largest absolute Gasteiger partial charge is 0.384 e. The van der Waals surface area contributed by atoms with Gasteiger partial charge in [-0.05, 0) is 38.5 Å². The van der Waals surface area contributed by atoms with E-state index in [1.54, 1.807) is 6.33 Å². The molecule has 98 valence electrons. The normalized spacial score (nSPS) is 31.5. The highest BCUT2D eigenvalue weighted by Crippen LogP contribution is 2.46. The highest BCUT2D eigenvalue weighted by Gasteiger charge is 2.41. The molecule has 2 heterocycles. The molecular weight excluding hydrogens is 226 g/mol. The van der Waals surface area contributed by atoms with Gasteiger partial charge < -0.3 is 10.0 Å². The predicted molar refractivity (Wildman–Crippen MR) is 70.7 cm³/mol. The highest BCUT2D eigenvalue weighted by atomic mass is 16.3. The molecule has 4 heteroatoms. The summed E-state index contributed by atoms with van der Waals surface area (Å²) in [6.07, 6.45) is 6.15. The van der Waals surface area contributed by atoms with Gasteiger partial charge in [-0.1, -0.05) is 6.92 Å². The second kappa shape index (κ2) is 4.19. The molecule has 18 heavy (non-hydrogen) atoms. The van der Waals surface area contributed by atoms with Gasteiger partial charge in [0, 0.05) is 18.7 Å². The standard InChI is InChI=1S/C14H21N3O/c1-10-8-14(2,18)12-11(10)13(16-9-15-12)17-6-4-3-5-7-17/h9-10,18H,3-8H2,1-2H3/t10-,14?/m1/s1. The van der Waals surface area contributed by atoms with Crippen LogP contribution in [-0.4, -0.2) is 28.2 Å². The first-order valence-corrected chi connectivity index (χ1v) is 6.92. The van der Waals surface area contributed by atoms with Gasteiger partial charge in [0.15, 0.2) is 0 Å². The number of hydrogen-bond acceptors (Lipinski definition) is 4. The van der Waals surface area contributed by atoms with Crippen LogP contribution < -0.4 is 4.90 Å². The Labute approximate surface area is 108 Å². The van der Waals surface area contributed by atoms with E-state index in [2.05, 4.69) is 21.8 Å². The third-order valence-corrected chi connectivity index (χ3v) is 4.23. The summed E-state index contributed by atoms with van der Waals surface area (Å²) in [4.78, 5) is 11.2. The van der Waals surface area contributed by atoms with E-state index in [0.717, 1.165) is 31.0 Å². The first-order valence-electron chi connectivity index (χ1n) is 6.92. The monoisotopic (exact) mass is 247 g/mol. The van der Waals surface area contributed by atoms with Crippen molar-refractivity contribution in [1.82, 2.24) is 9.97 Å². The van der Waals surface area contributed by atoms with Crippen LogP contribution in [0.25, 0.3) is 0 Å². The van der Waals surface area contributed by atoms with Crippen molar-refractivity contribution in [2.24, 2.45) is 0 Å². The summed E-state index contributed by atoms with van der Waals surface area (Å²) in [7, 11) is 0. The van der Waals surface area contributed by atoms with Crippen molar-refractivity contribution >= 4 is 5.82 Å². The van der Waals surface area contributed by atoms with E-state index in [9.17, 15) is 5.11 Å². The summed E-state index contributed by atoms with van der Waals surface area (Å²) >= 11 is 0. The predicted octanol–water partition coefficient (Wildman–Crippen LogP) is 2.18. The maximum absolute atomic E-state index is 10.4. The lowest BCUT2D eigenvalue weighted by atomic mass is 10.0. The molecule has 1 saturated heterocycles. The van der Waals surface area contributed by atoms with Crippen LogP contribution in [0.3, 0.4) is 0 Å². The van der Waals surface area contributed by atoms with Crippen molar-refractivity contribution < 1.29 is 5.11 Å². The number of piperidine rings is 1. The first-order chi connectivity index (χ1) is 8.59. The Morgan fingerprint density at radius 3 is 2.72 bits per heavy atom. The summed E-state index contributed by atoms with van der Waals surface area (Å²) in [5.74, 6) is 1.40. The lowest BCUT2D eigenvalue weighted by Crippen LogP contribution is -2.31. The number of nitrogens with zero attached hydrogens (tertiary/aromatic N) is 3. The van der Waals surface area contributed by atoms with Crippen molar-refractivity contribution in [3.8, 4) is 0 Å². The molecule has 0 bridgehead atoms. The van der Waals surface area contributed by atoms with Gasteiger partial charge in [-0.15, -0.1) is 0 Å². The molecule has 2 aliphatic rings. The molecule has 1 N–H and O–H groups in total. The minimum absolute atomic E-state index is 0.341. The van der Waals surface area contributed by atoms with Gasteiger partial charge in [0.25, 0.3) is 0 Å². The van der Waals surface area contributed by atoms with E-state index in [-0.39, 0.29) is 0 Å². The second-order valence-electron chi connectivity index (χ2n) is 5.89. The van der Waals surface area contributed by atoms with Gasteiger partial charge in [0.1, 0.15) is 17.7 Å². The van der Waals surface area contributed by atoms with E-state index >= 15 is 0 Å². The van der Waals surface area contributed by atoms with Gasteiger partial charge in [-0.3, -0.25) is 0 Å². The zero-order chi connectivity index (χ0) is 12.8. The molecule has 1 aromatic heterocycles. The van der Waals surface area contributed by atoms with Crippen LogP contribution in [0.15, 0.2) is 6.33 Å². The Bertz CT molecular complexity index is 452. The number of fused-ring (bicyclic) bond motifs is 1. The number of anilines is 1. The Morgan fingerprint density at radius 2 is 2.00 bits per heavy atom. The molecule has 0 radical (unpaired) electrons. The number of rotatable bonds is 1. The van der Waals surface area contributed by atoms with Crippen LogP contribution in [0.2, 0.25) is 0 Å². The van der Waals surface area contributed by atoms with Crippen LogP contribution in [0.1, 0.15) is 56.7 Å². The van der Waals surface area contributed by atoms with Crippen LogP contribution in [0, 0.1) is 0 Å². The fraction of sp³-hybridized carbons (Fsp3) is 0.714. The summed E-state index contributed by atoms with van der Waals surface area (Å²) in [6.45, 7) is 6.19. The summed E-state index contributed by atoms with van der Waals surface area (Å²) in [5, 5.41) is 10.4. The van der Waals surface area contributed by atoms with Gasteiger partial charge in [0.2, 0.25) is 0 Å².